The molecule has 1 amide bonds. The zero-order chi connectivity index (χ0) is 22.4. The SMILES string of the molecule is CCCn1c(SCC(=O)c2ccc(NC(=O)CC(C)C)cc2)nc2ccccc2c1=O. The lowest BCUT2D eigenvalue weighted by Crippen LogP contribution is -2.23. The zero-order valence-corrected chi connectivity index (χ0v) is 18.9. The largest absolute Gasteiger partial charge is 0.326 e. The number of Topliss-reactive ketones (excluding diaryl/α,β-unsaturated/α-hetero) is 1. The summed E-state index contributed by atoms with van der Waals surface area (Å²) in [4.78, 5) is 42.0. The van der Waals surface area contributed by atoms with Crippen molar-refractivity contribution in [3.8, 4) is 0 Å². The first-order chi connectivity index (χ1) is 14.9. The molecular weight excluding hydrogens is 410 g/mol. The maximum absolute atomic E-state index is 12.8. The molecule has 31 heavy (non-hydrogen) atoms. The molecule has 0 atom stereocenters. The molecule has 0 radical (unpaired) electrons. The Hall–Kier alpha value is -2.93. The molecule has 0 aliphatic carbocycles. The van der Waals surface area contributed by atoms with Gasteiger partial charge in [-0.25, -0.2) is 4.98 Å². The topological polar surface area (TPSA) is 81.1 Å². The first kappa shape index (κ1) is 22.7. The normalized spacial score (nSPS) is 11.1. The molecule has 3 rings (SSSR count). The molecule has 0 fully saturated rings. The summed E-state index contributed by atoms with van der Waals surface area (Å²) < 4.78 is 1.65. The number of fused-ring (bicyclic) bond motifs is 1. The van der Waals surface area contributed by atoms with Crippen molar-refractivity contribution in [2.75, 3.05) is 11.1 Å². The van der Waals surface area contributed by atoms with Crippen LogP contribution < -0.4 is 10.9 Å². The van der Waals surface area contributed by atoms with E-state index in [1.807, 2.05) is 39.0 Å². The van der Waals surface area contributed by atoms with Crippen molar-refractivity contribution in [3.05, 3.63) is 64.4 Å². The summed E-state index contributed by atoms with van der Waals surface area (Å²) in [6, 6.07) is 14.1. The predicted molar refractivity (Wildman–Crippen MR) is 126 cm³/mol. The molecule has 3 aromatic rings. The third-order valence-electron chi connectivity index (χ3n) is 4.69. The number of nitrogens with zero attached hydrogens (tertiary/aromatic N) is 2. The minimum atomic E-state index is -0.0797. The van der Waals surface area contributed by atoms with Crippen LogP contribution in [0.3, 0.4) is 0 Å². The average molecular weight is 438 g/mol. The van der Waals surface area contributed by atoms with Gasteiger partial charge in [0.15, 0.2) is 10.9 Å². The Morgan fingerprint density at radius 1 is 1.10 bits per heavy atom. The van der Waals surface area contributed by atoms with E-state index in [2.05, 4.69) is 10.3 Å². The average Bonchev–Trinajstić information content (AvgIpc) is 2.74. The Morgan fingerprint density at radius 3 is 2.48 bits per heavy atom. The van der Waals surface area contributed by atoms with Crippen LogP contribution in [-0.4, -0.2) is 27.0 Å². The maximum Gasteiger partial charge on any atom is 0.262 e. The third kappa shape index (κ3) is 5.82. The molecule has 0 saturated carbocycles. The number of benzene rings is 2. The second kappa shape index (κ2) is 10.4. The summed E-state index contributed by atoms with van der Waals surface area (Å²) in [7, 11) is 0. The van der Waals surface area contributed by atoms with Crippen LogP contribution in [0.1, 0.15) is 44.0 Å². The molecular formula is C24H27N3O3S. The predicted octanol–water partition coefficient (Wildman–Crippen LogP) is 4.77. The minimum Gasteiger partial charge on any atom is -0.326 e. The molecule has 0 aliphatic heterocycles. The van der Waals surface area contributed by atoms with E-state index in [1.54, 1.807) is 34.9 Å². The second-order valence-corrected chi connectivity index (χ2v) is 8.75. The molecule has 7 heteroatoms. The van der Waals surface area contributed by atoms with Crippen LogP contribution in [0.4, 0.5) is 5.69 Å². The molecule has 1 heterocycles. The van der Waals surface area contributed by atoms with E-state index in [4.69, 9.17) is 0 Å². The summed E-state index contributed by atoms with van der Waals surface area (Å²) >= 11 is 1.27. The zero-order valence-electron chi connectivity index (χ0n) is 18.1. The van der Waals surface area contributed by atoms with Gasteiger partial charge in [0.1, 0.15) is 0 Å². The van der Waals surface area contributed by atoms with Gasteiger partial charge in [-0.3, -0.25) is 19.0 Å². The molecule has 0 bridgehead atoms. The fraction of sp³-hybridized carbons (Fsp3) is 0.333. The van der Waals surface area contributed by atoms with Gasteiger partial charge < -0.3 is 5.32 Å². The van der Waals surface area contributed by atoms with E-state index >= 15 is 0 Å². The number of thioether (sulfide) groups is 1. The number of aromatic nitrogens is 2. The maximum atomic E-state index is 12.8. The molecule has 2 aromatic carbocycles. The Morgan fingerprint density at radius 2 is 1.81 bits per heavy atom. The van der Waals surface area contributed by atoms with E-state index in [1.165, 1.54) is 11.8 Å². The van der Waals surface area contributed by atoms with Crippen LogP contribution >= 0.6 is 11.8 Å². The second-order valence-electron chi connectivity index (χ2n) is 7.80. The van der Waals surface area contributed by atoms with E-state index in [0.717, 1.165) is 6.42 Å². The molecule has 0 aliphatic rings. The van der Waals surface area contributed by atoms with Crippen LogP contribution in [0.15, 0.2) is 58.5 Å². The van der Waals surface area contributed by atoms with Gasteiger partial charge in [0.05, 0.1) is 16.7 Å². The highest BCUT2D eigenvalue weighted by Gasteiger charge is 2.14. The summed E-state index contributed by atoms with van der Waals surface area (Å²) in [5.41, 5.74) is 1.78. The fourth-order valence-electron chi connectivity index (χ4n) is 3.21. The number of hydrogen-bond acceptors (Lipinski definition) is 5. The van der Waals surface area contributed by atoms with Gasteiger partial charge in [0.25, 0.3) is 5.56 Å². The Balaban J connectivity index is 1.72. The molecule has 1 N–H and O–H groups in total. The summed E-state index contributed by atoms with van der Waals surface area (Å²) in [5.74, 6) is 0.358. The lowest BCUT2D eigenvalue weighted by atomic mass is 10.1. The van der Waals surface area contributed by atoms with Crippen molar-refractivity contribution < 1.29 is 9.59 Å². The van der Waals surface area contributed by atoms with E-state index in [9.17, 15) is 14.4 Å². The van der Waals surface area contributed by atoms with Crippen molar-refractivity contribution in [1.29, 1.82) is 0 Å². The van der Waals surface area contributed by atoms with Gasteiger partial charge >= 0.3 is 0 Å². The van der Waals surface area contributed by atoms with Crippen molar-refractivity contribution >= 4 is 40.0 Å². The minimum absolute atomic E-state index is 0.0408. The first-order valence-electron chi connectivity index (χ1n) is 10.4. The van der Waals surface area contributed by atoms with Crippen LogP contribution in [-0.2, 0) is 11.3 Å². The highest BCUT2D eigenvalue weighted by Crippen LogP contribution is 2.20. The monoisotopic (exact) mass is 437 g/mol. The van der Waals surface area contributed by atoms with Gasteiger partial charge in [-0.15, -0.1) is 0 Å². The summed E-state index contributed by atoms with van der Waals surface area (Å²) in [5, 5.41) is 3.98. The number of nitrogens with one attached hydrogen (secondary N) is 1. The Labute approximate surface area is 186 Å². The number of ketones is 1. The van der Waals surface area contributed by atoms with Gasteiger partial charge in [0, 0.05) is 24.2 Å². The van der Waals surface area contributed by atoms with Crippen molar-refractivity contribution in [3.63, 3.8) is 0 Å². The summed E-state index contributed by atoms with van der Waals surface area (Å²) in [6.45, 7) is 6.54. The highest BCUT2D eigenvalue weighted by atomic mass is 32.2. The number of para-hydroxylation sites is 1. The first-order valence-corrected chi connectivity index (χ1v) is 11.4. The number of rotatable bonds is 9. The van der Waals surface area contributed by atoms with E-state index in [0.29, 0.717) is 40.3 Å². The van der Waals surface area contributed by atoms with Gasteiger partial charge in [-0.05, 0) is 48.7 Å². The smallest absolute Gasteiger partial charge is 0.262 e. The molecule has 0 unspecified atom stereocenters. The molecule has 162 valence electrons. The Kier molecular flexibility index (Phi) is 7.63. The number of carbonyl (C=O) groups is 2. The summed E-state index contributed by atoms with van der Waals surface area (Å²) in [6.07, 6.45) is 1.25. The van der Waals surface area contributed by atoms with Crippen LogP contribution in [0.25, 0.3) is 10.9 Å². The molecule has 0 saturated heterocycles. The number of amides is 1. The Bertz CT molecular complexity index is 1140. The number of carbonyl (C=O) groups excluding carboxylic acids is 2. The van der Waals surface area contributed by atoms with Crippen molar-refractivity contribution in [1.82, 2.24) is 9.55 Å². The van der Waals surface area contributed by atoms with Crippen LogP contribution in [0, 0.1) is 5.92 Å². The lowest BCUT2D eigenvalue weighted by Gasteiger charge is -2.12. The number of hydrogen-bond donors (Lipinski definition) is 1. The van der Waals surface area contributed by atoms with Crippen LogP contribution in [0.2, 0.25) is 0 Å². The number of anilines is 1. The fourth-order valence-corrected chi connectivity index (χ4v) is 4.13. The lowest BCUT2D eigenvalue weighted by molar-refractivity contribution is -0.116. The third-order valence-corrected chi connectivity index (χ3v) is 5.67. The highest BCUT2D eigenvalue weighted by molar-refractivity contribution is 7.99. The molecule has 1 aromatic heterocycles. The van der Waals surface area contributed by atoms with Gasteiger partial charge in [0.2, 0.25) is 5.91 Å². The van der Waals surface area contributed by atoms with Gasteiger partial charge in [-0.1, -0.05) is 44.7 Å². The quantitative estimate of drug-likeness (QED) is 0.296. The molecule has 0 spiro atoms. The van der Waals surface area contributed by atoms with Crippen molar-refractivity contribution in [2.24, 2.45) is 5.92 Å². The van der Waals surface area contributed by atoms with Crippen molar-refractivity contribution in [2.45, 2.75) is 45.3 Å². The molecule has 6 nitrogen and oxygen atoms in total. The van der Waals surface area contributed by atoms with Gasteiger partial charge in [-0.2, -0.15) is 0 Å². The van der Waals surface area contributed by atoms with E-state index < -0.39 is 0 Å². The van der Waals surface area contributed by atoms with Crippen LogP contribution in [0.5, 0.6) is 0 Å². The van der Waals surface area contributed by atoms with E-state index in [-0.39, 0.29) is 28.9 Å². The standard InChI is InChI=1S/C24H27N3O3S/c1-4-13-27-23(30)19-7-5-6-8-20(19)26-24(27)31-15-21(28)17-9-11-18(12-10-17)25-22(29)14-16(2)3/h5-12,16H,4,13-15H2,1-3H3,(H,25,29).